The van der Waals surface area contributed by atoms with Gasteiger partial charge in [0, 0.05) is 19.5 Å². The first-order chi connectivity index (χ1) is 16.0. The van der Waals surface area contributed by atoms with Crippen molar-refractivity contribution < 1.29 is 22.7 Å². The van der Waals surface area contributed by atoms with E-state index in [4.69, 9.17) is 9.47 Å². The van der Waals surface area contributed by atoms with E-state index < -0.39 is 10.0 Å². The van der Waals surface area contributed by atoms with Crippen LogP contribution in [0, 0.1) is 5.92 Å². The number of anilines is 1. The van der Waals surface area contributed by atoms with Crippen molar-refractivity contribution in [2.24, 2.45) is 5.92 Å². The standard InChI is InChI=1S/C25H30N2O5S/c1-31-23-11-5-6-12-24(23)32-22-14-13-20(33(29,30)27-15-7-2-8-16-27)18-21(22)26-25(28)17-19-9-3-4-10-19/h3,5-6,9,11-14,18-19H,2,4,7-8,10,15-17H2,1H3,(H,26,28). The highest BCUT2D eigenvalue weighted by Crippen LogP contribution is 2.37. The number of nitrogens with zero attached hydrogens (tertiary/aromatic N) is 1. The zero-order valence-corrected chi connectivity index (χ0v) is 19.6. The Kier molecular flexibility index (Phi) is 7.35. The summed E-state index contributed by atoms with van der Waals surface area (Å²) in [7, 11) is -2.10. The van der Waals surface area contributed by atoms with Crippen molar-refractivity contribution in [1.82, 2.24) is 4.31 Å². The van der Waals surface area contributed by atoms with Crippen LogP contribution in [0.25, 0.3) is 0 Å². The van der Waals surface area contributed by atoms with Gasteiger partial charge in [-0.3, -0.25) is 4.79 Å². The molecule has 8 heteroatoms. The summed E-state index contributed by atoms with van der Waals surface area (Å²) < 4.78 is 39.4. The normalized spacial score (nSPS) is 18.8. The molecular weight excluding hydrogens is 440 g/mol. The Hall–Kier alpha value is -2.84. The van der Waals surface area contributed by atoms with E-state index in [9.17, 15) is 13.2 Å². The van der Waals surface area contributed by atoms with Crippen LogP contribution in [0.15, 0.2) is 59.5 Å². The Morgan fingerprint density at radius 2 is 1.82 bits per heavy atom. The van der Waals surface area contributed by atoms with E-state index in [0.717, 1.165) is 32.1 Å². The van der Waals surface area contributed by atoms with Crippen molar-refractivity contribution >= 4 is 21.6 Å². The lowest BCUT2D eigenvalue weighted by molar-refractivity contribution is -0.116. The lowest BCUT2D eigenvalue weighted by Crippen LogP contribution is -2.35. The minimum Gasteiger partial charge on any atom is -0.493 e. The van der Waals surface area contributed by atoms with E-state index in [2.05, 4.69) is 17.5 Å². The maximum absolute atomic E-state index is 13.2. The van der Waals surface area contributed by atoms with Crippen LogP contribution in [0.5, 0.6) is 17.2 Å². The molecule has 0 aromatic heterocycles. The quantitative estimate of drug-likeness (QED) is 0.552. The summed E-state index contributed by atoms with van der Waals surface area (Å²) in [6, 6.07) is 11.8. The number of hydrogen-bond acceptors (Lipinski definition) is 5. The summed E-state index contributed by atoms with van der Waals surface area (Å²) in [5.41, 5.74) is 0.325. The fourth-order valence-electron chi connectivity index (χ4n) is 4.24. The van der Waals surface area contributed by atoms with Crippen LogP contribution in [0.1, 0.15) is 38.5 Å². The molecular formula is C25H30N2O5S. The monoisotopic (exact) mass is 470 g/mol. The fourth-order valence-corrected chi connectivity index (χ4v) is 5.78. The molecule has 1 atom stereocenters. The van der Waals surface area contributed by atoms with Gasteiger partial charge in [-0.15, -0.1) is 0 Å². The van der Waals surface area contributed by atoms with E-state index in [1.54, 1.807) is 25.3 Å². The van der Waals surface area contributed by atoms with Crippen LogP contribution in [0.4, 0.5) is 5.69 Å². The molecule has 1 saturated heterocycles. The number of piperidine rings is 1. The van der Waals surface area contributed by atoms with Crippen LogP contribution < -0.4 is 14.8 Å². The maximum atomic E-state index is 13.2. The van der Waals surface area contributed by atoms with E-state index in [0.29, 0.717) is 42.4 Å². The van der Waals surface area contributed by atoms with Gasteiger partial charge in [-0.2, -0.15) is 4.31 Å². The van der Waals surface area contributed by atoms with Crippen molar-refractivity contribution in [2.75, 3.05) is 25.5 Å². The fraction of sp³-hybridized carbons (Fsp3) is 0.400. The third kappa shape index (κ3) is 5.57. The summed E-state index contributed by atoms with van der Waals surface area (Å²) in [5, 5.41) is 2.89. The molecule has 1 heterocycles. The minimum atomic E-state index is -3.65. The minimum absolute atomic E-state index is 0.146. The highest BCUT2D eigenvalue weighted by atomic mass is 32.2. The Balaban J connectivity index is 1.64. The van der Waals surface area contributed by atoms with Crippen LogP contribution in [-0.4, -0.2) is 38.8 Å². The molecule has 33 heavy (non-hydrogen) atoms. The first-order valence-electron chi connectivity index (χ1n) is 11.4. The second-order valence-corrected chi connectivity index (χ2v) is 10.3. The molecule has 1 N–H and O–H groups in total. The molecule has 7 nitrogen and oxygen atoms in total. The summed E-state index contributed by atoms with van der Waals surface area (Å²) in [6.07, 6.45) is 9.15. The number of hydrogen-bond donors (Lipinski definition) is 1. The second-order valence-electron chi connectivity index (χ2n) is 8.39. The topological polar surface area (TPSA) is 84.9 Å². The number of benzene rings is 2. The van der Waals surface area contributed by atoms with Crippen molar-refractivity contribution in [3.05, 3.63) is 54.6 Å². The van der Waals surface area contributed by atoms with E-state index in [1.807, 2.05) is 12.1 Å². The lowest BCUT2D eigenvalue weighted by atomic mass is 10.1. The zero-order chi connectivity index (χ0) is 23.3. The van der Waals surface area contributed by atoms with E-state index in [1.165, 1.54) is 16.4 Å². The molecule has 1 fully saturated rings. The molecule has 176 valence electrons. The van der Waals surface area contributed by atoms with Gasteiger partial charge < -0.3 is 14.8 Å². The molecule has 1 aliphatic carbocycles. The number of carbonyl (C=O) groups excluding carboxylic acids is 1. The second kappa shape index (κ2) is 10.4. The van der Waals surface area contributed by atoms with Gasteiger partial charge in [0.2, 0.25) is 15.9 Å². The van der Waals surface area contributed by atoms with Crippen molar-refractivity contribution in [3.63, 3.8) is 0 Å². The summed E-state index contributed by atoms with van der Waals surface area (Å²) >= 11 is 0. The number of rotatable bonds is 8. The van der Waals surface area contributed by atoms with E-state index in [-0.39, 0.29) is 16.7 Å². The van der Waals surface area contributed by atoms with Gasteiger partial charge in [-0.1, -0.05) is 30.7 Å². The maximum Gasteiger partial charge on any atom is 0.243 e. The van der Waals surface area contributed by atoms with Gasteiger partial charge in [0.05, 0.1) is 17.7 Å². The molecule has 0 bridgehead atoms. The van der Waals surface area contributed by atoms with Crippen molar-refractivity contribution in [2.45, 2.75) is 43.4 Å². The number of ether oxygens (including phenoxy) is 2. The third-order valence-electron chi connectivity index (χ3n) is 6.03. The lowest BCUT2D eigenvalue weighted by Gasteiger charge is -2.26. The summed E-state index contributed by atoms with van der Waals surface area (Å²) in [5.74, 6) is 1.39. The predicted molar refractivity (Wildman–Crippen MR) is 127 cm³/mol. The average molecular weight is 471 g/mol. The van der Waals surface area contributed by atoms with Crippen LogP contribution in [0.2, 0.25) is 0 Å². The smallest absolute Gasteiger partial charge is 0.243 e. The molecule has 0 radical (unpaired) electrons. The number of allylic oxidation sites excluding steroid dienone is 2. The molecule has 0 spiro atoms. The van der Waals surface area contributed by atoms with Gasteiger partial charge >= 0.3 is 0 Å². The third-order valence-corrected chi connectivity index (χ3v) is 7.92. The first-order valence-corrected chi connectivity index (χ1v) is 12.8. The Morgan fingerprint density at radius 1 is 1.06 bits per heavy atom. The number of methoxy groups -OCH3 is 1. The molecule has 2 aromatic carbocycles. The average Bonchev–Trinajstić information content (AvgIpc) is 3.34. The molecule has 2 aliphatic rings. The zero-order valence-electron chi connectivity index (χ0n) is 18.8. The van der Waals surface area contributed by atoms with Gasteiger partial charge in [0.1, 0.15) is 0 Å². The predicted octanol–water partition coefficient (Wildman–Crippen LogP) is 4.96. The number of amides is 1. The molecule has 1 unspecified atom stereocenters. The number of para-hydroxylation sites is 2. The summed E-state index contributed by atoms with van der Waals surface area (Å²) in [6.45, 7) is 1.02. The van der Waals surface area contributed by atoms with Crippen LogP contribution in [-0.2, 0) is 14.8 Å². The SMILES string of the molecule is COc1ccccc1Oc1ccc(S(=O)(=O)N2CCCCC2)cc1NC(=O)CC1C=CCC1. The number of carbonyl (C=O) groups is 1. The number of nitrogens with one attached hydrogen (secondary N) is 1. The highest BCUT2D eigenvalue weighted by Gasteiger charge is 2.27. The largest absolute Gasteiger partial charge is 0.493 e. The molecule has 1 aliphatic heterocycles. The van der Waals surface area contributed by atoms with Crippen LogP contribution in [0.3, 0.4) is 0 Å². The van der Waals surface area contributed by atoms with Crippen molar-refractivity contribution in [3.8, 4) is 17.2 Å². The first kappa shape index (κ1) is 23.3. The van der Waals surface area contributed by atoms with Crippen LogP contribution >= 0.6 is 0 Å². The van der Waals surface area contributed by atoms with E-state index >= 15 is 0 Å². The summed E-state index contributed by atoms with van der Waals surface area (Å²) in [4.78, 5) is 12.9. The van der Waals surface area contributed by atoms with Gasteiger partial charge in [0.15, 0.2) is 17.2 Å². The Morgan fingerprint density at radius 3 is 2.52 bits per heavy atom. The molecule has 1 amide bonds. The van der Waals surface area contributed by atoms with Gasteiger partial charge in [-0.05, 0) is 61.9 Å². The highest BCUT2D eigenvalue weighted by molar-refractivity contribution is 7.89. The van der Waals surface area contributed by atoms with Gasteiger partial charge in [-0.25, -0.2) is 8.42 Å². The van der Waals surface area contributed by atoms with Crippen molar-refractivity contribution in [1.29, 1.82) is 0 Å². The Bertz CT molecular complexity index is 1120. The van der Waals surface area contributed by atoms with Gasteiger partial charge in [0.25, 0.3) is 0 Å². The Labute approximate surface area is 195 Å². The molecule has 4 rings (SSSR count). The molecule has 0 saturated carbocycles. The number of sulfonamides is 1. The molecule has 2 aromatic rings.